The quantitative estimate of drug-likeness (QED) is 0.443. The van der Waals surface area contributed by atoms with Crippen molar-refractivity contribution in [3.05, 3.63) is 23.7 Å². The standard InChI is InChI=1S/C20H26F3N7O4/c1-10-13(8-30(29-10)9-14(16(31)32)27-18(33)34-19(2,3)4)26-17-24-7-12(20(21,22)23)15(28-17)25-11-5-6-11/h7-8,11,14H,5-6,9H2,1-4H3,(H,27,33)(H,31,32)(H2,24,25,26,28). The molecule has 1 aliphatic rings. The normalized spacial score (nSPS) is 14.9. The van der Waals surface area contributed by atoms with Crippen molar-refractivity contribution in [3.63, 3.8) is 0 Å². The first-order chi connectivity index (χ1) is 15.7. The third kappa shape index (κ3) is 6.96. The van der Waals surface area contributed by atoms with Gasteiger partial charge < -0.3 is 25.8 Å². The molecule has 14 heteroatoms. The molecule has 0 aromatic carbocycles. The van der Waals surface area contributed by atoms with Crippen molar-refractivity contribution in [2.24, 2.45) is 0 Å². The molecule has 1 saturated carbocycles. The fourth-order valence-electron chi connectivity index (χ4n) is 2.86. The number of ether oxygens (including phenoxy) is 1. The van der Waals surface area contributed by atoms with Gasteiger partial charge in [-0.3, -0.25) is 4.68 Å². The van der Waals surface area contributed by atoms with Gasteiger partial charge in [-0.25, -0.2) is 14.6 Å². The molecule has 2 aromatic heterocycles. The van der Waals surface area contributed by atoms with E-state index in [1.165, 1.54) is 10.9 Å². The molecule has 0 bridgehead atoms. The minimum absolute atomic E-state index is 0.0567. The number of aromatic nitrogens is 4. The van der Waals surface area contributed by atoms with Crippen LogP contribution in [0.1, 0.15) is 44.9 Å². The van der Waals surface area contributed by atoms with E-state index in [2.05, 4.69) is 31.0 Å². The molecule has 1 amide bonds. The van der Waals surface area contributed by atoms with E-state index >= 15 is 0 Å². The van der Waals surface area contributed by atoms with Crippen LogP contribution in [0.25, 0.3) is 0 Å². The summed E-state index contributed by atoms with van der Waals surface area (Å²) in [5.41, 5.74) is -0.989. The van der Waals surface area contributed by atoms with Gasteiger partial charge in [-0.15, -0.1) is 0 Å². The molecule has 1 atom stereocenters. The summed E-state index contributed by atoms with van der Waals surface area (Å²) in [5, 5.41) is 21.5. The second-order valence-corrected chi connectivity index (χ2v) is 8.88. The van der Waals surface area contributed by atoms with Crippen molar-refractivity contribution >= 4 is 29.5 Å². The Morgan fingerprint density at radius 3 is 2.53 bits per heavy atom. The monoisotopic (exact) mass is 485 g/mol. The zero-order valence-corrected chi connectivity index (χ0v) is 19.0. The lowest BCUT2D eigenvalue weighted by atomic mass is 10.2. The highest BCUT2D eigenvalue weighted by molar-refractivity contribution is 5.80. The Hall–Kier alpha value is -3.58. The molecule has 2 aromatic rings. The maximum absolute atomic E-state index is 13.3. The van der Waals surface area contributed by atoms with E-state index in [9.17, 15) is 27.9 Å². The number of alkyl halides is 3. The van der Waals surface area contributed by atoms with Crippen molar-refractivity contribution in [1.82, 2.24) is 25.1 Å². The van der Waals surface area contributed by atoms with Gasteiger partial charge in [-0.05, 0) is 40.5 Å². The van der Waals surface area contributed by atoms with Crippen LogP contribution in [0, 0.1) is 6.92 Å². The number of anilines is 3. The van der Waals surface area contributed by atoms with Crippen LogP contribution >= 0.6 is 0 Å². The molecule has 1 aliphatic carbocycles. The predicted octanol–water partition coefficient (Wildman–Crippen LogP) is 3.30. The molecule has 1 fully saturated rings. The Morgan fingerprint density at radius 2 is 1.97 bits per heavy atom. The Bertz CT molecular complexity index is 1060. The number of amides is 1. The minimum Gasteiger partial charge on any atom is -0.480 e. The summed E-state index contributed by atoms with van der Waals surface area (Å²) in [7, 11) is 0. The van der Waals surface area contributed by atoms with Crippen LogP contribution < -0.4 is 16.0 Å². The van der Waals surface area contributed by atoms with Crippen LogP contribution in [-0.4, -0.2) is 54.6 Å². The highest BCUT2D eigenvalue weighted by Gasteiger charge is 2.37. The van der Waals surface area contributed by atoms with Crippen LogP contribution in [0.4, 0.5) is 35.4 Å². The molecule has 4 N–H and O–H groups in total. The Kier molecular flexibility index (Phi) is 6.89. The van der Waals surface area contributed by atoms with E-state index in [1.807, 2.05) is 0 Å². The van der Waals surface area contributed by atoms with Gasteiger partial charge in [-0.2, -0.15) is 23.3 Å². The van der Waals surface area contributed by atoms with E-state index in [0.717, 1.165) is 12.8 Å². The number of carboxylic acids is 1. The minimum atomic E-state index is -4.61. The zero-order valence-electron chi connectivity index (χ0n) is 19.0. The number of carbonyl (C=O) groups excluding carboxylic acids is 1. The highest BCUT2D eigenvalue weighted by Crippen LogP contribution is 2.36. The van der Waals surface area contributed by atoms with Crippen LogP contribution in [0.15, 0.2) is 12.4 Å². The van der Waals surface area contributed by atoms with Crippen molar-refractivity contribution in [2.75, 3.05) is 10.6 Å². The summed E-state index contributed by atoms with van der Waals surface area (Å²) in [6.07, 6.45) is -1.84. The number of nitrogens with zero attached hydrogens (tertiary/aromatic N) is 4. The lowest BCUT2D eigenvalue weighted by Gasteiger charge is -2.22. The van der Waals surface area contributed by atoms with Crippen LogP contribution in [0.2, 0.25) is 0 Å². The molecule has 0 spiro atoms. The fraction of sp³-hybridized carbons (Fsp3) is 0.550. The first-order valence-corrected chi connectivity index (χ1v) is 10.5. The number of nitrogens with one attached hydrogen (secondary N) is 3. The zero-order chi connectivity index (χ0) is 25.3. The topological polar surface area (TPSA) is 143 Å². The molecule has 186 valence electrons. The van der Waals surface area contributed by atoms with Gasteiger partial charge in [0.15, 0.2) is 0 Å². The molecule has 2 heterocycles. The van der Waals surface area contributed by atoms with Crippen molar-refractivity contribution in [2.45, 2.75) is 70.9 Å². The van der Waals surface area contributed by atoms with Crippen LogP contribution in [0.3, 0.4) is 0 Å². The molecular formula is C20H26F3N7O4. The Morgan fingerprint density at radius 1 is 1.29 bits per heavy atom. The van der Waals surface area contributed by atoms with E-state index in [1.54, 1.807) is 27.7 Å². The summed E-state index contributed by atoms with van der Waals surface area (Å²) >= 11 is 0. The number of halogens is 3. The predicted molar refractivity (Wildman–Crippen MR) is 115 cm³/mol. The molecule has 0 saturated heterocycles. The number of carbonyl (C=O) groups is 2. The molecule has 11 nitrogen and oxygen atoms in total. The second kappa shape index (κ2) is 9.35. The molecule has 0 aliphatic heterocycles. The SMILES string of the molecule is Cc1nn(CC(NC(=O)OC(C)(C)C)C(=O)O)cc1Nc1ncc(C(F)(F)F)c(NC2CC2)n1. The largest absolute Gasteiger partial charge is 0.480 e. The number of carboxylic acid groups (broad SMARTS) is 1. The van der Waals surface area contributed by atoms with Crippen molar-refractivity contribution in [3.8, 4) is 0 Å². The highest BCUT2D eigenvalue weighted by atomic mass is 19.4. The maximum atomic E-state index is 13.3. The third-order valence-corrected chi connectivity index (χ3v) is 4.56. The number of hydrogen-bond acceptors (Lipinski definition) is 8. The number of rotatable bonds is 8. The van der Waals surface area contributed by atoms with Gasteiger partial charge >= 0.3 is 18.2 Å². The van der Waals surface area contributed by atoms with Gasteiger partial charge in [0.1, 0.15) is 23.0 Å². The first-order valence-electron chi connectivity index (χ1n) is 10.5. The van der Waals surface area contributed by atoms with Crippen molar-refractivity contribution < 1.29 is 32.6 Å². The molecule has 1 unspecified atom stereocenters. The first kappa shape index (κ1) is 25.1. The van der Waals surface area contributed by atoms with E-state index in [-0.39, 0.29) is 24.4 Å². The second-order valence-electron chi connectivity index (χ2n) is 8.88. The summed E-state index contributed by atoms with van der Waals surface area (Å²) in [4.78, 5) is 31.3. The molecular weight excluding hydrogens is 459 g/mol. The summed E-state index contributed by atoms with van der Waals surface area (Å²) in [6, 6.07) is -1.39. The van der Waals surface area contributed by atoms with Gasteiger partial charge in [0.25, 0.3) is 0 Å². The Balaban J connectivity index is 1.74. The summed E-state index contributed by atoms with van der Waals surface area (Å²) < 4.78 is 46.2. The number of aliphatic carboxylic acids is 1. The number of alkyl carbamates (subject to hydrolysis) is 1. The van der Waals surface area contributed by atoms with Crippen LogP contribution in [-0.2, 0) is 22.3 Å². The van der Waals surface area contributed by atoms with E-state index in [4.69, 9.17) is 4.74 Å². The Labute approximate surface area is 193 Å². The summed E-state index contributed by atoms with van der Waals surface area (Å²) in [6.45, 7) is 6.33. The lowest BCUT2D eigenvalue weighted by molar-refractivity contribution is -0.140. The van der Waals surface area contributed by atoms with Crippen LogP contribution in [0.5, 0.6) is 0 Å². The molecule has 34 heavy (non-hydrogen) atoms. The van der Waals surface area contributed by atoms with Gasteiger partial charge in [0.05, 0.1) is 17.9 Å². The average Bonchev–Trinajstić information content (AvgIpc) is 3.41. The fourth-order valence-corrected chi connectivity index (χ4v) is 2.86. The molecule has 3 rings (SSSR count). The molecule has 0 radical (unpaired) electrons. The lowest BCUT2D eigenvalue weighted by Crippen LogP contribution is -2.45. The smallest absolute Gasteiger partial charge is 0.421 e. The maximum Gasteiger partial charge on any atom is 0.421 e. The third-order valence-electron chi connectivity index (χ3n) is 4.56. The summed E-state index contributed by atoms with van der Waals surface area (Å²) in [5.74, 6) is -1.69. The number of hydrogen-bond donors (Lipinski definition) is 4. The number of aryl methyl sites for hydroxylation is 1. The van der Waals surface area contributed by atoms with E-state index in [0.29, 0.717) is 17.6 Å². The average molecular weight is 485 g/mol. The van der Waals surface area contributed by atoms with Crippen molar-refractivity contribution in [1.29, 1.82) is 0 Å². The van der Waals surface area contributed by atoms with Gasteiger partial charge in [0.2, 0.25) is 5.95 Å². The van der Waals surface area contributed by atoms with Gasteiger partial charge in [0, 0.05) is 18.4 Å². The van der Waals surface area contributed by atoms with Gasteiger partial charge in [-0.1, -0.05) is 0 Å². The van der Waals surface area contributed by atoms with E-state index < -0.39 is 35.4 Å².